The topological polar surface area (TPSA) is 45.2 Å². The second-order valence-corrected chi connectivity index (χ2v) is 7.13. The number of nitrogens with zero attached hydrogens (tertiary/aromatic N) is 2. The maximum atomic E-state index is 11.5. The second kappa shape index (κ2) is 8.00. The lowest BCUT2D eigenvalue weighted by Gasteiger charge is -2.21. The molecule has 2 heterocycles. The van der Waals surface area contributed by atoms with Crippen LogP contribution >= 0.6 is 23.1 Å². The van der Waals surface area contributed by atoms with Crippen LogP contribution in [0.5, 0.6) is 0 Å². The number of hydrogen-bond donors (Lipinski definition) is 1. The molecule has 0 bridgehead atoms. The molecular weight excluding hydrogens is 290 g/mol. The monoisotopic (exact) mass is 313 g/mol. The summed E-state index contributed by atoms with van der Waals surface area (Å²) in [5.41, 5.74) is 1.04. The minimum absolute atomic E-state index is 0.0565. The van der Waals surface area contributed by atoms with Crippen molar-refractivity contribution in [2.24, 2.45) is 5.92 Å². The smallest absolute Gasteiger partial charge is 0.225 e. The van der Waals surface area contributed by atoms with Gasteiger partial charge >= 0.3 is 0 Å². The predicted molar refractivity (Wildman–Crippen MR) is 87.6 cm³/mol. The quantitative estimate of drug-likeness (QED) is 0.877. The molecule has 0 spiro atoms. The van der Waals surface area contributed by atoms with Gasteiger partial charge in [0.15, 0.2) is 5.13 Å². The summed E-state index contributed by atoms with van der Waals surface area (Å²) in [5.74, 6) is 3.48. The Bertz CT molecular complexity index is 430. The predicted octanol–water partition coefficient (Wildman–Crippen LogP) is 2.75. The van der Waals surface area contributed by atoms with Crippen molar-refractivity contribution in [1.82, 2.24) is 10.3 Å². The highest BCUT2D eigenvalue weighted by Gasteiger charge is 2.15. The van der Waals surface area contributed by atoms with Gasteiger partial charge < -0.3 is 5.32 Å². The number of thioether (sulfide) groups is 1. The first-order valence-corrected chi connectivity index (χ1v) is 9.25. The van der Waals surface area contributed by atoms with Gasteiger partial charge in [0.2, 0.25) is 5.91 Å². The van der Waals surface area contributed by atoms with Gasteiger partial charge in [-0.1, -0.05) is 0 Å². The summed E-state index contributed by atoms with van der Waals surface area (Å²) in [5, 5.41) is 6.36. The Morgan fingerprint density at radius 1 is 1.50 bits per heavy atom. The third-order valence-electron chi connectivity index (χ3n) is 3.55. The van der Waals surface area contributed by atoms with E-state index < -0.39 is 0 Å². The number of aromatic nitrogens is 1. The number of thiazole rings is 1. The fourth-order valence-corrected chi connectivity index (χ4v) is 4.49. The molecule has 1 aliphatic heterocycles. The lowest BCUT2D eigenvalue weighted by molar-refractivity contribution is -0.116. The maximum Gasteiger partial charge on any atom is 0.225 e. The SMILES string of the molecule is CCN(C(C)=O)c1nc(CNCC2CCSCC2)cs1. The number of nitrogens with one attached hydrogen (secondary N) is 1. The summed E-state index contributed by atoms with van der Waals surface area (Å²) in [6.45, 7) is 6.12. The third kappa shape index (κ3) is 4.46. The standard InChI is InChI=1S/C14H23N3OS2/c1-3-17(11(2)18)14-16-13(10-20-14)9-15-8-12-4-6-19-7-5-12/h10,12,15H,3-9H2,1-2H3. The molecule has 1 aromatic rings. The minimum atomic E-state index is 0.0565. The van der Waals surface area contributed by atoms with Gasteiger partial charge in [-0.2, -0.15) is 11.8 Å². The van der Waals surface area contributed by atoms with Crippen LogP contribution in [0.4, 0.5) is 5.13 Å². The summed E-state index contributed by atoms with van der Waals surface area (Å²) in [4.78, 5) is 17.7. The van der Waals surface area contributed by atoms with Crippen LogP contribution < -0.4 is 10.2 Å². The first-order valence-electron chi connectivity index (χ1n) is 7.21. The highest BCUT2D eigenvalue weighted by molar-refractivity contribution is 7.99. The number of rotatable bonds is 6. The van der Waals surface area contributed by atoms with Crippen LogP contribution in [0.15, 0.2) is 5.38 Å². The van der Waals surface area contributed by atoms with Crippen molar-refractivity contribution in [3.05, 3.63) is 11.1 Å². The van der Waals surface area contributed by atoms with E-state index in [1.54, 1.807) is 23.2 Å². The van der Waals surface area contributed by atoms with Crippen LogP contribution in [0.1, 0.15) is 32.4 Å². The van der Waals surface area contributed by atoms with Crippen LogP contribution in [0.3, 0.4) is 0 Å². The van der Waals surface area contributed by atoms with E-state index in [2.05, 4.69) is 22.1 Å². The number of carbonyl (C=O) groups is 1. The lowest BCUT2D eigenvalue weighted by atomic mass is 10.0. The third-order valence-corrected chi connectivity index (χ3v) is 5.51. The zero-order valence-corrected chi connectivity index (χ0v) is 13.9. The van der Waals surface area contributed by atoms with Crippen molar-refractivity contribution in [1.29, 1.82) is 0 Å². The van der Waals surface area contributed by atoms with Crippen molar-refractivity contribution in [2.75, 3.05) is 29.5 Å². The Kier molecular flexibility index (Phi) is 6.32. The molecule has 0 radical (unpaired) electrons. The van der Waals surface area contributed by atoms with Crippen molar-refractivity contribution >= 4 is 34.1 Å². The van der Waals surface area contributed by atoms with Gasteiger partial charge in [0.25, 0.3) is 0 Å². The van der Waals surface area contributed by atoms with Crippen LogP contribution in [0.2, 0.25) is 0 Å². The lowest BCUT2D eigenvalue weighted by Crippen LogP contribution is -2.28. The summed E-state index contributed by atoms with van der Waals surface area (Å²) in [6, 6.07) is 0. The van der Waals surface area contributed by atoms with E-state index >= 15 is 0 Å². The first kappa shape index (κ1) is 15.8. The number of amides is 1. The summed E-state index contributed by atoms with van der Waals surface area (Å²) in [7, 11) is 0. The molecule has 0 aromatic carbocycles. The molecule has 20 heavy (non-hydrogen) atoms. The molecule has 1 saturated heterocycles. The number of anilines is 1. The van der Waals surface area contributed by atoms with Gasteiger partial charge in [0.05, 0.1) is 5.69 Å². The van der Waals surface area contributed by atoms with E-state index in [0.29, 0.717) is 6.54 Å². The Balaban J connectivity index is 1.78. The zero-order valence-electron chi connectivity index (χ0n) is 12.2. The molecule has 4 nitrogen and oxygen atoms in total. The molecule has 1 fully saturated rings. The average Bonchev–Trinajstić information content (AvgIpc) is 2.89. The molecule has 1 aromatic heterocycles. The molecule has 1 amide bonds. The van der Waals surface area contributed by atoms with Gasteiger partial charge in [-0.15, -0.1) is 11.3 Å². The summed E-state index contributed by atoms with van der Waals surface area (Å²) in [6.07, 6.45) is 2.65. The molecule has 0 aliphatic carbocycles. The highest BCUT2D eigenvalue weighted by Crippen LogP contribution is 2.23. The zero-order chi connectivity index (χ0) is 14.4. The molecule has 6 heteroatoms. The van der Waals surface area contributed by atoms with E-state index in [0.717, 1.165) is 29.8 Å². The van der Waals surface area contributed by atoms with E-state index in [1.807, 2.05) is 12.3 Å². The first-order chi connectivity index (χ1) is 9.70. The molecule has 112 valence electrons. The van der Waals surface area contributed by atoms with E-state index in [1.165, 1.54) is 24.3 Å². The van der Waals surface area contributed by atoms with Crippen molar-refractivity contribution in [3.8, 4) is 0 Å². The van der Waals surface area contributed by atoms with Crippen LogP contribution in [0, 0.1) is 5.92 Å². The summed E-state index contributed by atoms with van der Waals surface area (Å²) < 4.78 is 0. The summed E-state index contributed by atoms with van der Waals surface area (Å²) >= 11 is 3.61. The van der Waals surface area contributed by atoms with Gasteiger partial charge in [0.1, 0.15) is 0 Å². The molecule has 2 rings (SSSR count). The van der Waals surface area contributed by atoms with Crippen LogP contribution in [0.25, 0.3) is 0 Å². The maximum absolute atomic E-state index is 11.5. The number of hydrogen-bond acceptors (Lipinski definition) is 5. The van der Waals surface area contributed by atoms with Gasteiger partial charge in [-0.3, -0.25) is 9.69 Å². The molecule has 1 N–H and O–H groups in total. The molecule has 0 atom stereocenters. The van der Waals surface area contributed by atoms with Gasteiger partial charge in [-0.25, -0.2) is 4.98 Å². The van der Waals surface area contributed by atoms with E-state index in [4.69, 9.17) is 0 Å². The normalized spacial score (nSPS) is 16.3. The molecular formula is C14H23N3OS2. The van der Waals surface area contributed by atoms with Crippen molar-refractivity contribution < 1.29 is 4.79 Å². The minimum Gasteiger partial charge on any atom is -0.311 e. The Hall–Kier alpha value is -0.590. The largest absolute Gasteiger partial charge is 0.311 e. The molecule has 0 saturated carbocycles. The fraction of sp³-hybridized carbons (Fsp3) is 0.714. The Morgan fingerprint density at radius 3 is 2.90 bits per heavy atom. The highest BCUT2D eigenvalue weighted by atomic mass is 32.2. The fourth-order valence-electron chi connectivity index (χ4n) is 2.35. The van der Waals surface area contributed by atoms with Crippen molar-refractivity contribution in [3.63, 3.8) is 0 Å². The van der Waals surface area contributed by atoms with Crippen LogP contribution in [-0.2, 0) is 11.3 Å². The number of carbonyl (C=O) groups excluding carboxylic acids is 1. The van der Waals surface area contributed by atoms with Gasteiger partial charge in [-0.05, 0) is 43.7 Å². The van der Waals surface area contributed by atoms with Crippen LogP contribution in [-0.4, -0.2) is 35.5 Å². The van der Waals surface area contributed by atoms with Gasteiger partial charge in [0, 0.05) is 25.4 Å². The van der Waals surface area contributed by atoms with E-state index in [9.17, 15) is 4.79 Å². The Labute approximate surface area is 129 Å². The molecule has 1 aliphatic rings. The second-order valence-electron chi connectivity index (χ2n) is 5.07. The Morgan fingerprint density at radius 2 is 2.25 bits per heavy atom. The average molecular weight is 313 g/mol. The van der Waals surface area contributed by atoms with Crippen molar-refractivity contribution in [2.45, 2.75) is 33.2 Å². The molecule has 0 unspecified atom stereocenters. The van der Waals surface area contributed by atoms with E-state index in [-0.39, 0.29) is 5.91 Å².